The normalized spacial score (nSPS) is 12.5. The van der Waals surface area contributed by atoms with Crippen LogP contribution in [0.5, 0.6) is 0 Å². The molecule has 1 heterocycles. The van der Waals surface area contributed by atoms with Crippen molar-refractivity contribution < 1.29 is 4.79 Å². The molecule has 5 heteroatoms. The molecule has 0 saturated carbocycles. The van der Waals surface area contributed by atoms with Gasteiger partial charge in [-0.25, -0.2) is 4.98 Å². The lowest BCUT2D eigenvalue weighted by Gasteiger charge is -2.06. The zero-order valence-electron chi connectivity index (χ0n) is 7.40. The van der Waals surface area contributed by atoms with Crippen molar-refractivity contribution in [2.75, 3.05) is 6.54 Å². The fourth-order valence-electron chi connectivity index (χ4n) is 0.868. The molecule has 1 unspecified atom stereocenters. The van der Waals surface area contributed by atoms with Gasteiger partial charge in [0, 0.05) is 25.5 Å². The maximum Gasteiger partial charge on any atom is 0.233 e. The third-order valence-corrected chi connectivity index (χ3v) is 2.01. The highest BCUT2D eigenvalue weighted by Crippen LogP contribution is 1.95. The summed E-state index contributed by atoms with van der Waals surface area (Å²) in [4.78, 5) is 14.9. The van der Waals surface area contributed by atoms with E-state index in [2.05, 4.69) is 26.2 Å². The predicted octanol–water partition coefficient (Wildman–Crippen LogP) is 0.783. The summed E-state index contributed by atoms with van der Waals surface area (Å²) in [5.74, 6) is 0.0140. The number of rotatable bonds is 4. The van der Waals surface area contributed by atoms with Gasteiger partial charge < -0.3 is 9.88 Å². The first-order valence-electron chi connectivity index (χ1n) is 4.07. The molecule has 0 radical (unpaired) electrons. The van der Waals surface area contributed by atoms with Gasteiger partial charge in [-0.1, -0.05) is 15.9 Å². The Balaban J connectivity index is 2.18. The van der Waals surface area contributed by atoms with Crippen molar-refractivity contribution in [2.45, 2.75) is 18.3 Å². The molecule has 0 aliphatic heterocycles. The molecular formula is C8H12BrN3O. The van der Waals surface area contributed by atoms with E-state index in [9.17, 15) is 4.79 Å². The number of nitrogens with zero attached hydrogens (tertiary/aromatic N) is 2. The average Bonchev–Trinajstić information content (AvgIpc) is 2.56. The smallest absolute Gasteiger partial charge is 0.233 e. The topological polar surface area (TPSA) is 46.9 Å². The molecule has 0 fully saturated rings. The summed E-state index contributed by atoms with van der Waals surface area (Å²) in [6, 6.07) is 0. The summed E-state index contributed by atoms with van der Waals surface area (Å²) >= 11 is 3.19. The fourth-order valence-corrected chi connectivity index (χ4v) is 1.03. The van der Waals surface area contributed by atoms with E-state index >= 15 is 0 Å². The van der Waals surface area contributed by atoms with Gasteiger partial charge in [-0.2, -0.15) is 0 Å². The van der Waals surface area contributed by atoms with Crippen molar-refractivity contribution in [3.63, 3.8) is 0 Å². The Labute approximate surface area is 85.5 Å². The van der Waals surface area contributed by atoms with E-state index in [4.69, 9.17) is 0 Å². The lowest BCUT2D eigenvalue weighted by atomic mass is 10.4. The molecule has 0 bridgehead atoms. The molecule has 1 amide bonds. The van der Waals surface area contributed by atoms with Crippen LogP contribution < -0.4 is 5.32 Å². The minimum absolute atomic E-state index is 0.0140. The van der Waals surface area contributed by atoms with Crippen LogP contribution in [0.15, 0.2) is 18.7 Å². The number of carbonyl (C=O) groups is 1. The van der Waals surface area contributed by atoms with E-state index < -0.39 is 0 Å². The predicted molar refractivity (Wildman–Crippen MR) is 53.6 cm³/mol. The maximum atomic E-state index is 11.1. The first-order valence-corrected chi connectivity index (χ1v) is 4.99. The number of hydrogen-bond donors (Lipinski definition) is 1. The van der Waals surface area contributed by atoms with Crippen LogP contribution in [-0.4, -0.2) is 26.8 Å². The Kier molecular flexibility index (Phi) is 3.95. The first kappa shape index (κ1) is 10.2. The number of hydrogen-bond acceptors (Lipinski definition) is 2. The number of imidazole rings is 1. The highest BCUT2D eigenvalue weighted by molar-refractivity contribution is 9.10. The van der Waals surface area contributed by atoms with Crippen LogP contribution in [0.1, 0.15) is 6.92 Å². The standard InChI is InChI=1S/C8H12BrN3O/c1-7(9)8(13)11-3-5-12-4-2-10-6-12/h2,4,6-7H,3,5H2,1H3,(H,11,13). The van der Waals surface area contributed by atoms with Gasteiger partial charge in [0.25, 0.3) is 0 Å². The Morgan fingerprint density at radius 1 is 1.77 bits per heavy atom. The number of aromatic nitrogens is 2. The third-order valence-electron chi connectivity index (χ3n) is 1.59. The Bertz CT molecular complexity index is 258. The Morgan fingerprint density at radius 3 is 3.08 bits per heavy atom. The van der Waals surface area contributed by atoms with Crippen LogP contribution in [0, 0.1) is 0 Å². The van der Waals surface area contributed by atoms with Gasteiger partial charge in [0.05, 0.1) is 11.2 Å². The molecule has 0 saturated heterocycles. The van der Waals surface area contributed by atoms with Crippen molar-refractivity contribution in [1.29, 1.82) is 0 Å². The molecule has 1 rings (SSSR count). The molecule has 1 aromatic rings. The zero-order chi connectivity index (χ0) is 9.68. The van der Waals surface area contributed by atoms with Crippen LogP contribution in [0.2, 0.25) is 0 Å². The summed E-state index contributed by atoms with van der Waals surface area (Å²) in [5.41, 5.74) is 0. The van der Waals surface area contributed by atoms with Crippen LogP contribution >= 0.6 is 15.9 Å². The van der Waals surface area contributed by atoms with E-state index in [0.29, 0.717) is 6.54 Å². The Morgan fingerprint density at radius 2 is 2.54 bits per heavy atom. The van der Waals surface area contributed by atoms with Crippen molar-refractivity contribution >= 4 is 21.8 Å². The van der Waals surface area contributed by atoms with E-state index in [1.165, 1.54) is 0 Å². The van der Waals surface area contributed by atoms with Crippen LogP contribution in [0.25, 0.3) is 0 Å². The van der Waals surface area contributed by atoms with Gasteiger partial charge in [-0.05, 0) is 6.92 Å². The lowest BCUT2D eigenvalue weighted by molar-refractivity contribution is -0.120. The van der Waals surface area contributed by atoms with E-state index in [1.807, 2.05) is 10.8 Å². The van der Waals surface area contributed by atoms with Crippen LogP contribution in [-0.2, 0) is 11.3 Å². The molecule has 0 spiro atoms. The minimum atomic E-state index is -0.129. The first-order chi connectivity index (χ1) is 6.20. The average molecular weight is 246 g/mol. The number of halogens is 1. The van der Waals surface area contributed by atoms with Crippen molar-refractivity contribution in [3.8, 4) is 0 Å². The number of carbonyl (C=O) groups excluding carboxylic acids is 1. The highest BCUT2D eigenvalue weighted by atomic mass is 79.9. The van der Waals surface area contributed by atoms with Gasteiger partial charge in [-0.15, -0.1) is 0 Å². The largest absolute Gasteiger partial charge is 0.353 e. The SMILES string of the molecule is CC(Br)C(=O)NCCn1ccnc1. The molecule has 0 aliphatic rings. The van der Waals surface area contributed by atoms with Gasteiger partial charge in [0.15, 0.2) is 0 Å². The van der Waals surface area contributed by atoms with Crippen molar-refractivity contribution in [3.05, 3.63) is 18.7 Å². The second-order valence-corrected chi connectivity index (χ2v) is 4.08. The second kappa shape index (κ2) is 5.01. The highest BCUT2D eigenvalue weighted by Gasteiger charge is 2.06. The summed E-state index contributed by atoms with van der Waals surface area (Å²) in [6.45, 7) is 3.18. The number of nitrogens with one attached hydrogen (secondary N) is 1. The monoisotopic (exact) mass is 245 g/mol. The molecule has 13 heavy (non-hydrogen) atoms. The summed E-state index contributed by atoms with van der Waals surface area (Å²) in [5, 5.41) is 2.79. The minimum Gasteiger partial charge on any atom is -0.353 e. The van der Waals surface area contributed by atoms with E-state index in [0.717, 1.165) is 6.54 Å². The molecule has 0 aliphatic carbocycles. The summed E-state index contributed by atoms with van der Waals surface area (Å²) in [6.07, 6.45) is 5.31. The van der Waals surface area contributed by atoms with Gasteiger partial charge in [0.1, 0.15) is 0 Å². The lowest BCUT2D eigenvalue weighted by Crippen LogP contribution is -2.31. The second-order valence-electron chi connectivity index (χ2n) is 2.71. The summed E-state index contributed by atoms with van der Waals surface area (Å²) in [7, 11) is 0. The number of amides is 1. The van der Waals surface area contributed by atoms with Gasteiger partial charge in [0.2, 0.25) is 5.91 Å². The molecule has 1 atom stereocenters. The molecule has 1 N–H and O–H groups in total. The zero-order valence-corrected chi connectivity index (χ0v) is 8.99. The molecule has 4 nitrogen and oxygen atoms in total. The Hall–Kier alpha value is -0.840. The van der Waals surface area contributed by atoms with Gasteiger partial charge >= 0.3 is 0 Å². The van der Waals surface area contributed by atoms with Gasteiger partial charge in [-0.3, -0.25) is 4.79 Å². The van der Waals surface area contributed by atoms with E-state index in [1.54, 1.807) is 19.4 Å². The van der Waals surface area contributed by atoms with Crippen molar-refractivity contribution in [2.24, 2.45) is 0 Å². The molecule has 72 valence electrons. The van der Waals surface area contributed by atoms with E-state index in [-0.39, 0.29) is 10.7 Å². The maximum absolute atomic E-state index is 11.1. The molecule has 1 aromatic heterocycles. The molecule has 0 aromatic carbocycles. The quantitative estimate of drug-likeness (QED) is 0.798. The third kappa shape index (κ3) is 3.59. The number of alkyl halides is 1. The molecular weight excluding hydrogens is 234 g/mol. The fraction of sp³-hybridized carbons (Fsp3) is 0.500. The van der Waals surface area contributed by atoms with Crippen molar-refractivity contribution in [1.82, 2.24) is 14.9 Å². The summed E-state index contributed by atoms with van der Waals surface area (Å²) < 4.78 is 1.92. The van der Waals surface area contributed by atoms with Crippen LogP contribution in [0.4, 0.5) is 0 Å². The van der Waals surface area contributed by atoms with Crippen LogP contribution in [0.3, 0.4) is 0 Å².